The van der Waals surface area contributed by atoms with Gasteiger partial charge in [-0.05, 0) is 39.2 Å². The van der Waals surface area contributed by atoms with E-state index in [9.17, 15) is 4.79 Å². The number of hydrogen-bond donors (Lipinski definition) is 2. The highest BCUT2D eigenvalue weighted by molar-refractivity contribution is 5.85. The molecule has 4 heteroatoms. The van der Waals surface area contributed by atoms with E-state index in [1.54, 1.807) is 0 Å². The topological polar surface area (TPSA) is 41.1 Å². The van der Waals surface area contributed by atoms with Crippen molar-refractivity contribution in [1.82, 2.24) is 10.6 Å². The Morgan fingerprint density at radius 1 is 1.31 bits per heavy atom. The van der Waals surface area contributed by atoms with Crippen molar-refractivity contribution in [2.24, 2.45) is 5.41 Å². The van der Waals surface area contributed by atoms with E-state index in [4.69, 9.17) is 0 Å². The SMILES string of the molecule is CC1(C(=O)NC2CCCC2)CCCNC1.Cl. The highest BCUT2D eigenvalue weighted by Crippen LogP contribution is 2.27. The first-order valence-corrected chi connectivity index (χ1v) is 6.22. The fourth-order valence-electron chi connectivity index (χ4n) is 2.68. The molecule has 2 N–H and O–H groups in total. The molecule has 1 aliphatic carbocycles. The van der Waals surface area contributed by atoms with E-state index in [1.165, 1.54) is 25.7 Å². The number of hydrogen-bond acceptors (Lipinski definition) is 2. The van der Waals surface area contributed by atoms with Crippen molar-refractivity contribution in [3.63, 3.8) is 0 Å². The molecule has 0 aromatic rings. The number of carbonyl (C=O) groups excluding carboxylic acids is 1. The van der Waals surface area contributed by atoms with Crippen LogP contribution in [0.15, 0.2) is 0 Å². The first-order chi connectivity index (χ1) is 7.21. The van der Waals surface area contributed by atoms with E-state index in [-0.39, 0.29) is 23.7 Å². The molecule has 0 bridgehead atoms. The molecular formula is C12H23ClN2O. The molecular weight excluding hydrogens is 224 g/mol. The first kappa shape index (κ1) is 13.8. The normalized spacial score (nSPS) is 30.8. The van der Waals surface area contributed by atoms with Crippen molar-refractivity contribution in [3.8, 4) is 0 Å². The summed E-state index contributed by atoms with van der Waals surface area (Å²) in [5.74, 6) is 0.265. The van der Waals surface area contributed by atoms with Gasteiger partial charge in [0.1, 0.15) is 0 Å². The quantitative estimate of drug-likeness (QED) is 0.781. The number of piperidine rings is 1. The maximum absolute atomic E-state index is 12.1. The van der Waals surface area contributed by atoms with Crippen molar-refractivity contribution in [3.05, 3.63) is 0 Å². The van der Waals surface area contributed by atoms with Gasteiger partial charge in [-0.2, -0.15) is 0 Å². The third-order valence-corrected chi connectivity index (χ3v) is 3.84. The summed E-state index contributed by atoms with van der Waals surface area (Å²) in [6.07, 6.45) is 7.05. The van der Waals surface area contributed by atoms with Gasteiger partial charge in [0.2, 0.25) is 5.91 Å². The van der Waals surface area contributed by atoms with E-state index in [2.05, 4.69) is 17.6 Å². The second-order valence-electron chi connectivity index (χ2n) is 5.30. The van der Waals surface area contributed by atoms with Crippen LogP contribution in [0.25, 0.3) is 0 Å². The van der Waals surface area contributed by atoms with Gasteiger partial charge in [0, 0.05) is 12.6 Å². The Morgan fingerprint density at radius 2 is 2.00 bits per heavy atom. The number of halogens is 1. The van der Waals surface area contributed by atoms with Crippen molar-refractivity contribution < 1.29 is 4.79 Å². The molecule has 0 aromatic carbocycles. The molecule has 1 saturated heterocycles. The van der Waals surface area contributed by atoms with Gasteiger partial charge in [-0.15, -0.1) is 12.4 Å². The lowest BCUT2D eigenvalue weighted by molar-refractivity contribution is -0.131. The average Bonchev–Trinajstić information content (AvgIpc) is 2.71. The Morgan fingerprint density at radius 3 is 2.56 bits per heavy atom. The van der Waals surface area contributed by atoms with E-state index in [0.717, 1.165) is 25.9 Å². The summed E-state index contributed by atoms with van der Waals surface area (Å²) in [4.78, 5) is 12.1. The van der Waals surface area contributed by atoms with Gasteiger partial charge in [-0.3, -0.25) is 4.79 Å². The Bertz CT molecular complexity index is 233. The molecule has 1 saturated carbocycles. The monoisotopic (exact) mass is 246 g/mol. The van der Waals surface area contributed by atoms with Crippen molar-refractivity contribution in [2.45, 2.75) is 51.5 Å². The molecule has 1 atom stereocenters. The van der Waals surface area contributed by atoms with Crippen LogP contribution < -0.4 is 10.6 Å². The van der Waals surface area contributed by atoms with Crippen molar-refractivity contribution in [1.29, 1.82) is 0 Å². The standard InChI is InChI=1S/C12H22N2O.ClH/c1-12(7-4-8-13-9-12)11(15)14-10-5-2-3-6-10;/h10,13H,2-9H2,1H3,(H,14,15);1H. The smallest absolute Gasteiger partial charge is 0.227 e. The summed E-state index contributed by atoms with van der Waals surface area (Å²) < 4.78 is 0. The van der Waals surface area contributed by atoms with Gasteiger partial charge in [0.05, 0.1) is 5.41 Å². The summed E-state index contributed by atoms with van der Waals surface area (Å²) in [7, 11) is 0. The van der Waals surface area contributed by atoms with Crippen molar-refractivity contribution in [2.75, 3.05) is 13.1 Å². The summed E-state index contributed by atoms with van der Waals surface area (Å²) in [6, 6.07) is 0.455. The van der Waals surface area contributed by atoms with Crippen LogP contribution in [0.3, 0.4) is 0 Å². The molecule has 16 heavy (non-hydrogen) atoms. The van der Waals surface area contributed by atoms with Gasteiger partial charge < -0.3 is 10.6 Å². The minimum absolute atomic E-state index is 0. The Kier molecular flexibility index (Phi) is 5.06. The summed E-state index contributed by atoms with van der Waals surface area (Å²) >= 11 is 0. The van der Waals surface area contributed by atoms with E-state index >= 15 is 0 Å². The Hall–Kier alpha value is -0.280. The summed E-state index contributed by atoms with van der Waals surface area (Å²) in [5.41, 5.74) is -0.166. The maximum atomic E-state index is 12.1. The maximum Gasteiger partial charge on any atom is 0.227 e. The molecule has 0 radical (unpaired) electrons. The van der Waals surface area contributed by atoms with E-state index < -0.39 is 0 Å². The molecule has 1 amide bonds. The van der Waals surface area contributed by atoms with Crippen LogP contribution in [-0.4, -0.2) is 25.0 Å². The van der Waals surface area contributed by atoms with Gasteiger partial charge in [-0.25, -0.2) is 0 Å². The average molecular weight is 247 g/mol. The zero-order chi connectivity index (χ0) is 10.7. The Labute approximate surface area is 104 Å². The fourth-order valence-corrected chi connectivity index (χ4v) is 2.68. The van der Waals surface area contributed by atoms with Gasteiger partial charge >= 0.3 is 0 Å². The molecule has 0 spiro atoms. The third kappa shape index (κ3) is 3.11. The second-order valence-corrected chi connectivity index (χ2v) is 5.30. The van der Waals surface area contributed by atoms with Crippen molar-refractivity contribution >= 4 is 18.3 Å². The second kappa shape index (κ2) is 5.87. The minimum Gasteiger partial charge on any atom is -0.353 e. The predicted octanol–water partition coefficient (Wildman–Crippen LogP) is 1.86. The highest BCUT2D eigenvalue weighted by atomic mass is 35.5. The van der Waals surface area contributed by atoms with Crippen LogP contribution in [0.2, 0.25) is 0 Å². The Balaban J connectivity index is 0.00000128. The van der Waals surface area contributed by atoms with Gasteiger partial charge in [-0.1, -0.05) is 12.8 Å². The lowest BCUT2D eigenvalue weighted by atomic mass is 9.81. The van der Waals surface area contributed by atoms with Gasteiger partial charge in [0.15, 0.2) is 0 Å². The number of nitrogens with one attached hydrogen (secondary N) is 2. The molecule has 3 nitrogen and oxygen atoms in total. The first-order valence-electron chi connectivity index (χ1n) is 6.22. The van der Waals surface area contributed by atoms with E-state index in [1.807, 2.05) is 0 Å². The van der Waals surface area contributed by atoms with Crippen LogP contribution >= 0.6 is 12.4 Å². The predicted molar refractivity (Wildman–Crippen MR) is 67.9 cm³/mol. The molecule has 2 rings (SSSR count). The largest absolute Gasteiger partial charge is 0.353 e. The fraction of sp³-hybridized carbons (Fsp3) is 0.917. The van der Waals surface area contributed by atoms with Crippen LogP contribution in [-0.2, 0) is 4.79 Å². The van der Waals surface area contributed by atoms with Crippen LogP contribution in [0.5, 0.6) is 0 Å². The number of amides is 1. The number of carbonyl (C=O) groups is 1. The van der Waals surface area contributed by atoms with Gasteiger partial charge in [0.25, 0.3) is 0 Å². The zero-order valence-corrected chi connectivity index (χ0v) is 10.9. The molecule has 2 aliphatic rings. The van der Waals surface area contributed by atoms with Crippen LogP contribution in [0, 0.1) is 5.41 Å². The van der Waals surface area contributed by atoms with E-state index in [0.29, 0.717) is 6.04 Å². The minimum atomic E-state index is -0.166. The molecule has 1 unspecified atom stereocenters. The highest BCUT2D eigenvalue weighted by Gasteiger charge is 2.35. The third-order valence-electron chi connectivity index (χ3n) is 3.84. The molecule has 0 aromatic heterocycles. The van der Waals surface area contributed by atoms with Crippen LogP contribution in [0.4, 0.5) is 0 Å². The molecule has 1 heterocycles. The molecule has 94 valence electrons. The molecule has 1 aliphatic heterocycles. The summed E-state index contributed by atoms with van der Waals surface area (Å²) in [5, 5.41) is 6.53. The lowest BCUT2D eigenvalue weighted by Crippen LogP contribution is -2.50. The summed E-state index contributed by atoms with van der Waals surface area (Å²) in [6.45, 7) is 3.99. The molecule has 2 fully saturated rings. The lowest BCUT2D eigenvalue weighted by Gasteiger charge is -2.33. The zero-order valence-electron chi connectivity index (χ0n) is 10.1. The van der Waals surface area contributed by atoms with Crippen LogP contribution in [0.1, 0.15) is 45.4 Å². The number of rotatable bonds is 2.